The molecule has 0 aliphatic heterocycles. The molecular weight excluding hydrogens is 288 g/mol. The van der Waals surface area contributed by atoms with E-state index < -0.39 is 0 Å². The highest BCUT2D eigenvalue weighted by molar-refractivity contribution is 7.09. The third-order valence-corrected chi connectivity index (χ3v) is 4.69. The Morgan fingerprint density at radius 2 is 2.20 bits per heavy atom. The summed E-state index contributed by atoms with van der Waals surface area (Å²) in [6, 6.07) is 11.0. The maximum absolute atomic E-state index is 6.09. The number of benzene rings is 1. The SMILES string of the molecule is Cc1ccc2nc(CCl)n(C(C)Cc3cccs3)c2c1. The van der Waals surface area contributed by atoms with Crippen LogP contribution < -0.4 is 0 Å². The first-order chi connectivity index (χ1) is 9.69. The highest BCUT2D eigenvalue weighted by Gasteiger charge is 2.16. The largest absolute Gasteiger partial charge is 0.324 e. The molecule has 0 saturated carbocycles. The van der Waals surface area contributed by atoms with Crippen molar-refractivity contribution < 1.29 is 0 Å². The molecule has 0 aliphatic rings. The summed E-state index contributed by atoms with van der Waals surface area (Å²) in [6.07, 6.45) is 1.01. The topological polar surface area (TPSA) is 17.8 Å². The molecule has 4 heteroatoms. The Balaban J connectivity index is 2.06. The molecule has 2 heterocycles. The number of hydrogen-bond acceptors (Lipinski definition) is 2. The Hall–Kier alpha value is -1.32. The van der Waals surface area contributed by atoms with Crippen LogP contribution in [0.1, 0.15) is 29.2 Å². The summed E-state index contributed by atoms with van der Waals surface area (Å²) < 4.78 is 2.29. The molecule has 0 spiro atoms. The van der Waals surface area contributed by atoms with Gasteiger partial charge in [0.25, 0.3) is 0 Å². The van der Waals surface area contributed by atoms with Gasteiger partial charge in [0.15, 0.2) is 0 Å². The van der Waals surface area contributed by atoms with Crippen molar-refractivity contribution in [2.75, 3.05) is 0 Å². The molecule has 104 valence electrons. The predicted molar refractivity (Wildman–Crippen MR) is 86.8 cm³/mol. The van der Waals surface area contributed by atoms with E-state index in [4.69, 9.17) is 11.6 Å². The molecule has 0 fully saturated rings. The lowest BCUT2D eigenvalue weighted by molar-refractivity contribution is 0.547. The average molecular weight is 305 g/mol. The predicted octanol–water partition coefficient (Wildman–Crippen LogP) is 4.95. The standard InChI is InChI=1S/C16H17ClN2S/c1-11-5-6-14-15(8-11)19(16(10-17)18-14)12(2)9-13-4-3-7-20-13/h3-8,12H,9-10H2,1-2H3. The van der Waals surface area contributed by atoms with Gasteiger partial charge in [-0.1, -0.05) is 12.1 Å². The third kappa shape index (κ3) is 2.48. The quantitative estimate of drug-likeness (QED) is 0.624. The molecule has 3 rings (SSSR count). The fourth-order valence-electron chi connectivity index (χ4n) is 2.65. The number of imidazole rings is 1. The second kappa shape index (κ2) is 5.58. The van der Waals surface area contributed by atoms with Gasteiger partial charge in [-0.05, 0) is 43.0 Å². The van der Waals surface area contributed by atoms with E-state index in [0.29, 0.717) is 11.9 Å². The van der Waals surface area contributed by atoms with Gasteiger partial charge in [-0.15, -0.1) is 22.9 Å². The van der Waals surface area contributed by atoms with E-state index in [1.807, 2.05) is 0 Å². The summed E-state index contributed by atoms with van der Waals surface area (Å²) in [4.78, 5) is 6.05. The van der Waals surface area contributed by atoms with Crippen LogP contribution in [0.2, 0.25) is 0 Å². The third-order valence-electron chi connectivity index (χ3n) is 3.56. The highest BCUT2D eigenvalue weighted by Crippen LogP contribution is 2.26. The number of fused-ring (bicyclic) bond motifs is 1. The molecule has 1 unspecified atom stereocenters. The molecule has 0 amide bonds. The number of aromatic nitrogens is 2. The van der Waals surface area contributed by atoms with E-state index >= 15 is 0 Å². The first-order valence-electron chi connectivity index (χ1n) is 6.75. The number of halogens is 1. The van der Waals surface area contributed by atoms with Crippen molar-refractivity contribution in [3.63, 3.8) is 0 Å². The van der Waals surface area contributed by atoms with Crippen LogP contribution in [0.4, 0.5) is 0 Å². The van der Waals surface area contributed by atoms with Gasteiger partial charge in [-0.25, -0.2) is 4.98 Å². The summed E-state index contributed by atoms with van der Waals surface area (Å²) in [5, 5.41) is 2.13. The van der Waals surface area contributed by atoms with Crippen molar-refractivity contribution in [1.82, 2.24) is 9.55 Å². The number of hydrogen-bond donors (Lipinski definition) is 0. The zero-order valence-electron chi connectivity index (χ0n) is 11.6. The summed E-state index contributed by atoms with van der Waals surface area (Å²) in [7, 11) is 0. The number of thiophene rings is 1. The molecule has 3 aromatic rings. The highest BCUT2D eigenvalue weighted by atomic mass is 35.5. The first kappa shape index (κ1) is 13.7. The van der Waals surface area contributed by atoms with Gasteiger partial charge in [-0.2, -0.15) is 0 Å². The van der Waals surface area contributed by atoms with E-state index in [-0.39, 0.29) is 0 Å². The normalized spacial score (nSPS) is 12.9. The van der Waals surface area contributed by atoms with Crippen molar-refractivity contribution in [2.45, 2.75) is 32.2 Å². The molecule has 2 aromatic heterocycles. The van der Waals surface area contributed by atoms with Gasteiger partial charge in [0.2, 0.25) is 0 Å². The first-order valence-corrected chi connectivity index (χ1v) is 8.16. The van der Waals surface area contributed by atoms with E-state index in [1.54, 1.807) is 11.3 Å². The smallest absolute Gasteiger partial charge is 0.125 e. The van der Waals surface area contributed by atoms with Gasteiger partial charge in [0, 0.05) is 17.3 Å². The van der Waals surface area contributed by atoms with E-state index in [0.717, 1.165) is 17.8 Å². The second-order valence-electron chi connectivity index (χ2n) is 5.16. The minimum Gasteiger partial charge on any atom is -0.324 e. The second-order valence-corrected chi connectivity index (χ2v) is 6.46. The fraction of sp³-hybridized carbons (Fsp3) is 0.312. The summed E-state index contributed by atoms with van der Waals surface area (Å²) >= 11 is 7.89. The molecule has 0 bridgehead atoms. The van der Waals surface area contributed by atoms with Crippen LogP contribution in [0, 0.1) is 6.92 Å². The van der Waals surface area contributed by atoms with E-state index in [9.17, 15) is 0 Å². The zero-order valence-corrected chi connectivity index (χ0v) is 13.2. The van der Waals surface area contributed by atoms with Crippen molar-refractivity contribution in [2.24, 2.45) is 0 Å². The van der Waals surface area contributed by atoms with Crippen LogP contribution in [0.25, 0.3) is 11.0 Å². The van der Waals surface area contributed by atoms with Crippen molar-refractivity contribution in [1.29, 1.82) is 0 Å². The Bertz CT molecular complexity index is 715. The van der Waals surface area contributed by atoms with Gasteiger partial charge in [-0.3, -0.25) is 0 Å². The van der Waals surface area contributed by atoms with Crippen LogP contribution in [0.15, 0.2) is 35.7 Å². The van der Waals surface area contributed by atoms with Gasteiger partial charge >= 0.3 is 0 Å². The van der Waals surface area contributed by atoms with Crippen LogP contribution in [0.5, 0.6) is 0 Å². The summed E-state index contributed by atoms with van der Waals surface area (Å²) in [6.45, 7) is 4.35. The molecule has 0 saturated heterocycles. The average Bonchev–Trinajstić information content (AvgIpc) is 3.04. The maximum Gasteiger partial charge on any atom is 0.125 e. The lowest BCUT2D eigenvalue weighted by Crippen LogP contribution is -2.10. The van der Waals surface area contributed by atoms with E-state index in [1.165, 1.54) is 16.0 Å². The van der Waals surface area contributed by atoms with Gasteiger partial charge < -0.3 is 4.57 Å². The molecule has 0 radical (unpaired) electrons. The number of rotatable bonds is 4. The fourth-order valence-corrected chi connectivity index (χ4v) is 3.67. The van der Waals surface area contributed by atoms with Crippen LogP contribution >= 0.6 is 22.9 Å². The zero-order chi connectivity index (χ0) is 14.1. The molecule has 1 aromatic carbocycles. The minimum absolute atomic E-state index is 0.356. The van der Waals surface area contributed by atoms with Crippen molar-refractivity contribution in [3.05, 3.63) is 52.0 Å². The Morgan fingerprint density at radius 1 is 1.35 bits per heavy atom. The number of nitrogens with zero attached hydrogens (tertiary/aromatic N) is 2. The maximum atomic E-state index is 6.09. The molecule has 20 heavy (non-hydrogen) atoms. The van der Waals surface area contributed by atoms with Crippen LogP contribution in [0.3, 0.4) is 0 Å². The lowest BCUT2D eigenvalue weighted by Gasteiger charge is -2.16. The molecule has 0 aliphatic carbocycles. The number of alkyl halides is 1. The minimum atomic E-state index is 0.356. The van der Waals surface area contributed by atoms with Crippen molar-refractivity contribution in [3.8, 4) is 0 Å². The molecule has 0 N–H and O–H groups in total. The van der Waals surface area contributed by atoms with E-state index in [2.05, 4.69) is 59.1 Å². The Labute approximate surface area is 128 Å². The van der Waals surface area contributed by atoms with Crippen molar-refractivity contribution >= 4 is 34.0 Å². The Morgan fingerprint density at radius 3 is 2.90 bits per heavy atom. The molecule has 1 atom stereocenters. The summed E-state index contributed by atoms with van der Waals surface area (Å²) in [5.74, 6) is 1.40. The monoisotopic (exact) mass is 304 g/mol. The number of aryl methyl sites for hydroxylation is 1. The lowest BCUT2D eigenvalue weighted by atomic mass is 10.1. The van der Waals surface area contributed by atoms with Gasteiger partial charge in [0.05, 0.1) is 16.9 Å². The summed E-state index contributed by atoms with van der Waals surface area (Å²) in [5.41, 5.74) is 3.47. The Kier molecular flexibility index (Phi) is 3.81. The molecular formula is C16H17ClN2S. The van der Waals surface area contributed by atoms with Crippen LogP contribution in [-0.4, -0.2) is 9.55 Å². The van der Waals surface area contributed by atoms with Crippen LogP contribution in [-0.2, 0) is 12.3 Å². The molecule has 2 nitrogen and oxygen atoms in total. The van der Waals surface area contributed by atoms with Gasteiger partial charge in [0.1, 0.15) is 5.82 Å².